The monoisotopic (exact) mass is 371 g/mol. The summed E-state index contributed by atoms with van der Waals surface area (Å²) in [7, 11) is 0.107. The molecule has 2 fully saturated rings. The third-order valence-corrected chi connectivity index (χ3v) is 8.07. The largest absolute Gasteiger partial charge is 0.348 e. The molecule has 134 valence electrons. The molecule has 0 aliphatic carbocycles. The predicted molar refractivity (Wildman–Crippen MR) is 94.6 cm³/mol. The second-order valence-electron chi connectivity index (χ2n) is 7.08. The average Bonchev–Trinajstić information content (AvgIpc) is 3.01. The topological polar surface area (TPSA) is 69.7 Å². The van der Waals surface area contributed by atoms with E-state index in [4.69, 9.17) is 0 Å². The van der Waals surface area contributed by atoms with Crippen LogP contribution in [0.4, 0.5) is 0 Å². The fraction of sp³-hybridized carbons (Fsp3) is 0.688. The van der Waals surface area contributed by atoms with E-state index in [0.717, 1.165) is 31.2 Å². The molecule has 2 unspecified atom stereocenters. The molecule has 0 aromatic carbocycles. The summed E-state index contributed by atoms with van der Waals surface area (Å²) in [6.07, 6.45) is 3.64. The lowest BCUT2D eigenvalue weighted by Crippen LogP contribution is -2.52. The number of hydrogen-bond acceptors (Lipinski definition) is 5. The van der Waals surface area contributed by atoms with Crippen LogP contribution in [0.3, 0.4) is 0 Å². The summed E-state index contributed by atoms with van der Waals surface area (Å²) in [6, 6.07) is 2.27. The number of sulfonamides is 1. The van der Waals surface area contributed by atoms with Crippen LogP contribution in [0.1, 0.15) is 31.2 Å². The second-order valence-corrected chi connectivity index (χ2v) is 9.93. The molecule has 2 aliphatic heterocycles. The fourth-order valence-electron chi connectivity index (χ4n) is 3.75. The Morgan fingerprint density at radius 2 is 1.96 bits per heavy atom. The predicted octanol–water partition coefficient (Wildman–Crippen LogP) is 1.42. The Balaban J connectivity index is 1.65. The van der Waals surface area contributed by atoms with E-state index in [1.165, 1.54) is 11.3 Å². The van der Waals surface area contributed by atoms with Crippen molar-refractivity contribution in [1.82, 2.24) is 14.5 Å². The molecule has 1 amide bonds. The Morgan fingerprint density at radius 3 is 2.46 bits per heavy atom. The van der Waals surface area contributed by atoms with E-state index in [-0.39, 0.29) is 11.9 Å². The zero-order chi connectivity index (χ0) is 17.5. The Hall–Kier alpha value is -0.960. The van der Waals surface area contributed by atoms with Crippen molar-refractivity contribution in [3.63, 3.8) is 0 Å². The first-order chi connectivity index (χ1) is 11.3. The van der Waals surface area contributed by atoms with Gasteiger partial charge >= 0.3 is 0 Å². The van der Waals surface area contributed by atoms with Crippen molar-refractivity contribution in [2.45, 2.75) is 54.9 Å². The summed E-state index contributed by atoms with van der Waals surface area (Å²) in [6.45, 7) is 2.34. The molecule has 1 N–H and O–H groups in total. The lowest BCUT2D eigenvalue weighted by atomic mass is 9.98. The molecule has 8 heteroatoms. The van der Waals surface area contributed by atoms with Gasteiger partial charge in [-0.05, 0) is 49.6 Å². The van der Waals surface area contributed by atoms with Crippen LogP contribution in [0.25, 0.3) is 0 Å². The number of likely N-dealkylation sites (N-methyl/N-ethyl adjacent to an activating group) is 1. The molecular weight excluding hydrogens is 346 g/mol. The SMILES string of the molecule is Cc1csc(S(=O)(=O)NC2CC3CCC(C2)N3CC(=O)N(C)C)c1. The number of hydrogen-bond donors (Lipinski definition) is 1. The third kappa shape index (κ3) is 3.66. The molecule has 2 bridgehead atoms. The molecule has 1 aromatic heterocycles. The van der Waals surface area contributed by atoms with E-state index in [0.29, 0.717) is 22.8 Å². The van der Waals surface area contributed by atoms with Gasteiger partial charge in [-0.25, -0.2) is 13.1 Å². The molecule has 1 aromatic rings. The number of nitrogens with zero attached hydrogens (tertiary/aromatic N) is 2. The number of nitrogens with one attached hydrogen (secondary N) is 1. The van der Waals surface area contributed by atoms with Crippen LogP contribution in [0.2, 0.25) is 0 Å². The number of piperidine rings is 1. The van der Waals surface area contributed by atoms with Gasteiger partial charge in [0.05, 0.1) is 6.54 Å². The fourth-order valence-corrected chi connectivity index (χ4v) is 6.26. The Bertz CT molecular complexity index is 700. The van der Waals surface area contributed by atoms with Gasteiger partial charge in [0.25, 0.3) is 0 Å². The summed E-state index contributed by atoms with van der Waals surface area (Å²) in [4.78, 5) is 15.9. The Kier molecular flexibility index (Phi) is 5.01. The smallest absolute Gasteiger partial charge is 0.250 e. The summed E-state index contributed by atoms with van der Waals surface area (Å²) < 4.78 is 28.3. The van der Waals surface area contributed by atoms with E-state index in [2.05, 4.69) is 9.62 Å². The highest BCUT2D eigenvalue weighted by Gasteiger charge is 2.42. The van der Waals surface area contributed by atoms with Crippen molar-refractivity contribution < 1.29 is 13.2 Å². The standard InChI is InChI=1S/C16H25N3O3S2/c1-11-6-16(23-10-11)24(21,22)17-12-7-13-4-5-14(8-12)19(13)9-15(20)18(2)3/h6,10,12-14,17H,4-5,7-9H2,1-3H3. The first-order valence-corrected chi connectivity index (χ1v) is 10.7. The molecule has 2 aliphatic rings. The number of carbonyl (C=O) groups excluding carboxylic acids is 1. The number of aryl methyl sites for hydroxylation is 1. The van der Waals surface area contributed by atoms with Gasteiger partial charge in [0.1, 0.15) is 4.21 Å². The van der Waals surface area contributed by atoms with Gasteiger partial charge < -0.3 is 4.90 Å². The van der Waals surface area contributed by atoms with Crippen molar-refractivity contribution in [2.75, 3.05) is 20.6 Å². The number of amides is 1. The van der Waals surface area contributed by atoms with Crippen LogP contribution in [0.5, 0.6) is 0 Å². The van der Waals surface area contributed by atoms with Gasteiger partial charge in [-0.3, -0.25) is 9.69 Å². The molecule has 6 nitrogen and oxygen atoms in total. The van der Waals surface area contributed by atoms with Crippen molar-refractivity contribution >= 4 is 27.3 Å². The molecule has 2 saturated heterocycles. The number of rotatable bonds is 5. The zero-order valence-corrected chi connectivity index (χ0v) is 16.0. The maximum absolute atomic E-state index is 12.5. The van der Waals surface area contributed by atoms with Crippen molar-refractivity contribution in [1.29, 1.82) is 0 Å². The van der Waals surface area contributed by atoms with Crippen LogP contribution in [0.15, 0.2) is 15.7 Å². The summed E-state index contributed by atoms with van der Waals surface area (Å²) in [5.41, 5.74) is 0.970. The van der Waals surface area contributed by atoms with Gasteiger partial charge in [-0.1, -0.05) is 0 Å². The van der Waals surface area contributed by atoms with Gasteiger partial charge in [-0.15, -0.1) is 11.3 Å². The molecule has 3 heterocycles. The lowest BCUT2D eigenvalue weighted by molar-refractivity contribution is -0.131. The highest BCUT2D eigenvalue weighted by Crippen LogP contribution is 2.36. The van der Waals surface area contributed by atoms with Crippen LogP contribution < -0.4 is 4.72 Å². The summed E-state index contributed by atoms with van der Waals surface area (Å²) in [5, 5.41) is 1.85. The lowest BCUT2D eigenvalue weighted by Gasteiger charge is -2.38. The van der Waals surface area contributed by atoms with E-state index < -0.39 is 10.0 Å². The Labute approximate surface area is 147 Å². The van der Waals surface area contributed by atoms with Crippen molar-refractivity contribution in [3.8, 4) is 0 Å². The third-order valence-electron chi connectivity index (χ3n) is 4.99. The summed E-state index contributed by atoms with van der Waals surface area (Å²) in [5.74, 6) is 0.111. The van der Waals surface area contributed by atoms with E-state index >= 15 is 0 Å². The minimum Gasteiger partial charge on any atom is -0.348 e. The second kappa shape index (κ2) is 6.74. The maximum atomic E-state index is 12.5. The van der Waals surface area contributed by atoms with Gasteiger partial charge in [0.2, 0.25) is 15.9 Å². The molecule has 24 heavy (non-hydrogen) atoms. The van der Waals surface area contributed by atoms with Gasteiger partial charge in [-0.2, -0.15) is 0 Å². The highest BCUT2D eigenvalue weighted by molar-refractivity contribution is 7.91. The van der Waals surface area contributed by atoms with Crippen LogP contribution in [0, 0.1) is 6.92 Å². The summed E-state index contributed by atoms with van der Waals surface area (Å²) >= 11 is 1.26. The zero-order valence-electron chi connectivity index (χ0n) is 14.4. The first kappa shape index (κ1) is 17.8. The number of carbonyl (C=O) groups is 1. The normalized spacial score (nSPS) is 27.4. The maximum Gasteiger partial charge on any atom is 0.250 e. The molecule has 0 radical (unpaired) electrons. The number of fused-ring (bicyclic) bond motifs is 2. The Morgan fingerprint density at radius 1 is 1.33 bits per heavy atom. The van der Waals surface area contributed by atoms with E-state index in [1.807, 2.05) is 12.3 Å². The molecular formula is C16H25N3O3S2. The minimum absolute atomic E-state index is 0.0411. The van der Waals surface area contributed by atoms with Crippen molar-refractivity contribution in [2.24, 2.45) is 0 Å². The molecule has 0 saturated carbocycles. The molecule has 3 rings (SSSR count). The first-order valence-electron chi connectivity index (χ1n) is 8.29. The number of thiophene rings is 1. The highest BCUT2D eigenvalue weighted by atomic mass is 32.2. The van der Waals surface area contributed by atoms with Crippen LogP contribution in [-0.2, 0) is 14.8 Å². The minimum atomic E-state index is -3.44. The molecule has 2 atom stereocenters. The van der Waals surface area contributed by atoms with Crippen LogP contribution >= 0.6 is 11.3 Å². The van der Waals surface area contributed by atoms with Gasteiger partial charge in [0.15, 0.2) is 0 Å². The van der Waals surface area contributed by atoms with E-state index in [1.54, 1.807) is 25.1 Å². The van der Waals surface area contributed by atoms with Gasteiger partial charge in [0, 0.05) is 32.2 Å². The molecule has 0 spiro atoms. The van der Waals surface area contributed by atoms with Crippen molar-refractivity contribution in [3.05, 3.63) is 17.0 Å². The average molecular weight is 372 g/mol. The quantitative estimate of drug-likeness (QED) is 0.850. The van der Waals surface area contributed by atoms with Crippen LogP contribution in [-0.4, -0.2) is 62.9 Å². The van der Waals surface area contributed by atoms with E-state index in [9.17, 15) is 13.2 Å².